The molecule has 0 bridgehead atoms. The van der Waals surface area contributed by atoms with Crippen molar-refractivity contribution in [2.45, 2.75) is 6.42 Å². The predicted octanol–water partition coefficient (Wildman–Crippen LogP) is 0.176. The Morgan fingerprint density at radius 2 is 1.64 bits per heavy atom. The maximum Gasteiger partial charge on any atom is 1.00 e. The van der Waals surface area contributed by atoms with Crippen LogP contribution < -0.4 is 51.4 Å². The summed E-state index contributed by atoms with van der Waals surface area (Å²) in [4.78, 5) is 0. The van der Waals surface area contributed by atoms with Gasteiger partial charge in [-0.1, -0.05) is 30.3 Å². The van der Waals surface area contributed by atoms with Crippen LogP contribution in [0, 0.1) is 0 Å². The van der Waals surface area contributed by atoms with Crippen molar-refractivity contribution in [2.24, 2.45) is 0 Å². The first-order valence-electron chi connectivity index (χ1n) is 3.99. The molecule has 14 heavy (non-hydrogen) atoms. The summed E-state index contributed by atoms with van der Waals surface area (Å²) in [6.45, 7) is -4.78. The Hall–Kier alpha value is 0.451. The first-order chi connectivity index (χ1) is 6.08. The summed E-state index contributed by atoms with van der Waals surface area (Å²) in [5.41, 5.74) is 0.888. The summed E-state index contributed by atoms with van der Waals surface area (Å²) in [7, 11) is 0. The molecule has 0 amide bonds. The van der Waals surface area contributed by atoms with Gasteiger partial charge in [-0.25, -0.2) is 0 Å². The largest absolute Gasteiger partial charge is 1.00 e. The Morgan fingerprint density at radius 1 is 1.07 bits per heavy atom. The molecule has 0 spiro atoms. The molecule has 1 aromatic rings. The van der Waals surface area contributed by atoms with Crippen LogP contribution in [0.15, 0.2) is 42.4 Å². The van der Waals surface area contributed by atoms with Gasteiger partial charge in [-0.05, 0) is 12.0 Å². The van der Waals surface area contributed by atoms with Crippen molar-refractivity contribution in [3.63, 3.8) is 0 Å². The molecule has 1 aromatic carbocycles. The topological polar surface area (TPSA) is 0 Å². The van der Waals surface area contributed by atoms with Crippen molar-refractivity contribution in [1.29, 1.82) is 0 Å². The first kappa shape index (κ1) is 14.5. The standard InChI is InChI=1S/C9H9BF3.K/c11-10(12,13)8-4-7-9-5-2-1-3-6-9;/h1-6,8H,7H2;/q-1;+1. The summed E-state index contributed by atoms with van der Waals surface area (Å²) in [5, 5.41) is 0. The molecule has 0 aliphatic carbocycles. The van der Waals surface area contributed by atoms with Crippen LogP contribution in [0.5, 0.6) is 0 Å². The third-order valence-electron chi connectivity index (χ3n) is 1.55. The summed E-state index contributed by atoms with van der Waals surface area (Å²) in [5.74, 6) is 0.326. The maximum atomic E-state index is 11.7. The van der Waals surface area contributed by atoms with E-state index in [1.54, 1.807) is 12.1 Å². The molecule has 5 heteroatoms. The molecule has 0 aliphatic heterocycles. The van der Waals surface area contributed by atoms with Crippen LogP contribution in [0.2, 0.25) is 0 Å². The predicted molar refractivity (Wildman–Crippen MR) is 48.4 cm³/mol. The maximum absolute atomic E-state index is 11.7. The zero-order valence-electron chi connectivity index (χ0n) is 7.96. The van der Waals surface area contributed by atoms with E-state index in [4.69, 9.17) is 0 Å². The number of benzene rings is 1. The van der Waals surface area contributed by atoms with Crippen molar-refractivity contribution >= 4 is 6.98 Å². The van der Waals surface area contributed by atoms with E-state index in [2.05, 4.69) is 0 Å². The third kappa shape index (κ3) is 6.84. The van der Waals surface area contributed by atoms with E-state index in [1.165, 1.54) is 0 Å². The number of rotatable bonds is 3. The molecule has 0 atom stereocenters. The third-order valence-corrected chi connectivity index (χ3v) is 1.55. The molecule has 0 fully saturated rings. The Morgan fingerprint density at radius 3 is 2.14 bits per heavy atom. The normalized spacial score (nSPS) is 11.4. The van der Waals surface area contributed by atoms with Gasteiger partial charge in [0, 0.05) is 0 Å². The second kappa shape index (κ2) is 6.85. The van der Waals surface area contributed by atoms with Gasteiger partial charge >= 0.3 is 58.4 Å². The van der Waals surface area contributed by atoms with Gasteiger partial charge in [-0.2, -0.15) is 0 Å². The molecule has 0 radical (unpaired) electrons. The van der Waals surface area contributed by atoms with E-state index in [0.29, 0.717) is 12.4 Å². The average molecular weight is 224 g/mol. The molecule has 1 rings (SSSR count). The Labute approximate surface area is 124 Å². The molecular formula is C9H9BF3K. The first-order valence-corrected chi connectivity index (χ1v) is 3.99. The fourth-order valence-electron chi connectivity index (χ4n) is 0.973. The number of allylic oxidation sites excluding steroid dienone is 1. The second-order valence-electron chi connectivity index (χ2n) is 2.74. The van der Waals surface area contributed by atoms with Gasteiger partial charge in [0.2, 0.25) is 0 Å². The minimum atomic E-state index is -4.78. The minimum Gasteiger partial charge on any atom is -0.445 e. The fraction of sp³-hybridized carbons (Fsp3) is 0.111. The van der Waals surface area contributed by atoms with Crippen LogP contribution in [-0.4, -0.2) is 6.98 Å². The van der Waals surface area contributed by atoms with Gasteiger partial charge in [0.25, 0.3) is 0 Å². The molecule has 0 saturated carbocycles. The van der Waals surface area contributed by atoms with E-state index >= 15 is 0 Å². The van der Waals surface area contributed by atoms with Gasteiger partial charge in [-0.15, -0.1) is 12.1 Å². The summed E-state index contributed by atoms with van der Waals surface area (Å²) >= 11 is 0. The van der Waals surface area contributed by atoms with E-state index < -0.39 is 6.98 Å². The SMILES string of the molecule is F[B-](F)(F)C=CCc1ccccc1.[K+]. The number of halogens is 3. The van der Waals surface area contributed by atoms with Crippen LogP contribution >= 0.6 is 0 Å². The monoisotopic (exact) mass is 224 g/mol. The van der Waals surface area contributed by atoms with Crippen LogP contribution in [-0.2, 0) is 6.42 Å². The summed E-state index contributed by atoms with van der Waals surface area (Å²) in [6.07, 6.45) is 1.48. The van der Waals surface area contributed by atoms with Crippen molar-refractivity contribution in [3.05, 3.63) is 47.9 Å². The molecule has 0 N–H and O–H groups in total. The van der Waals surface area contributed by atoms with Crippen molar-refractivity contribution in [3.8, 4) is 0 Å². The van der Waals surface area contributed by atoms with Crippen LogP contribution in [0.1, 0.15) is 5.56 Å². The molecule has 70 valence electrons. The second-order valence-corrected chi connectivity index (χ2v) is 2.74. The van der Waals surface area contributed by atoms with E-state index in [9.17, 15) is 12.9 Å². The Kier molecular flexibility index (Phi) is 7.07. The molecule has 0 saturated heterocycles. The van der Waals surface area contributed by atoms with Gasteiger partial charge < -0.3 is 12.9 Å². The van der Waals surface area contributed by atoms with Crippen LogP contribution in [0.25, 0.3) is 0 Å². The minimum absolute atomic E-state index is 0. The van der Waals surface area contributed by atoms with E-state index in [-0.39, 0.29) is 51.4 Å². The van der Waals surface area contributed by atoms with Gasteiger partial charge in [0.15, 0.2) is 0 Å². The van der Waals surface area contributed by atoms with Crippen molar-refractivity contribution in [1.82, 2.24) is 0 Å². The van der Waals surface area contributed by atoms with E-state index in [1.807, 2.05) is 18.2 Å². The molecule has 0 heterocycles. The zero-order valence-corrected chi connectivity index (χ0v) is 11.1. The van der Waals surface area contributed by atoms with Crippen LogP contribution in [0.3, 0.4) is 0 Å². The Balaban J connectivity index is 0.00000169. The quantitative estimate of drug-likeness (QED) is 0.642. The summed E-state index contributed by atoms with van der Waals surface area (Å²) < 4.78 is 35.2. The molecule has 0 aromatic heterocycles. The molecule has 0 nitrogen and oxygen atoms in total. The van der Waals surface area contributed by atoms with Crippen molar-refractivity contribution in [2.75, 3.05) is 0 Å². The van der Waals surface area contributed by atoms with Gasteiger partial charge in [-0.3, -0.25) is 0 Å². The summed E-state index contributed by atoms with van der Waals surface area (Å²) in [6, 6.07) is 9.05. The van der Waals surface area contributed by atoms with Crippen LogP contribution in [0.4, 0.5) is 12.9 Å². The van der Waals surface area contributed by atoms with E-state index in [0.717, 1.165) is 11.6 Å². The molecule has 0 aliphatic rings. The average Bonchev–Trinajstić information content (AvgIpc) is 2.04. The fourth-order valence-corrected chi connectivity index (χ4v) is 0.973. The molecule has 0 unspecified atom stereocenters. The smallest absolute Gasteiger partial charge is 0.445 e. The number of hydrogen-bond acceptors (Lipinski definition) is 0. The Bertz CT molecular complexity index is 282. The number of hydrogen-bond donors (Lipinski definition) is 0. The van der Waals surface area contributed by atoms with Gasteiger partial charge in [0.1, 0.15) is 0 Å². The van der Waals surface area contributed by atoms with Gasteiger partial charge in [0.05, 0.1) is 0 Å². The molecular weight excluding hydrogens is 215 g/mol. The van der Waals surface area contributed by atoms with Crippen molar-refractivity contribution < 1.29 is 64.3 Å². The zero-order chi connectivity index (χ0) is 9.73.